The number of anilines is 2. The van der Waals surface area contributed by atoms with E-state index in [1.54, 1.807) is 0 Å². The second-order valence-electron chi connectivity index (χ2n) is 8.43. The molecular formula is C22H28N6O4S2. The lowest BCUT2D eigenvalue weighted by Crippen LogP contribution is -2.46. The van der Waals surface area contributed by atoms with E-state index in [0.717, 1.165) is 20.4 Å². The highest BCUT2D eigenvalue weighted by Gasteiger charge is 2.24. The standard InChI is InChI=1S/C22H28N6O4S2/c1-13(19(29)27-3-7-31-8-4-27)23-21-25-15-11-16-18(12-17(15)33-21)34-22(26-16)24-14(2)20(30)28-5-9-32-10-6-28/h11-14H,3-10H2,1-2H3,(H,23,25)(H,24,26). The van der Waals surface area contributed by atoms with Crippen LogP contribution in [0.1, 0.15) is 13.8 Å². The molecule has 10 nitrogen and oxygen atoms in total. The quantitative estimate of drug-likeness (QED) is 0.526. The van der Waals surface area contributed by atoms with Gasteiger partial charge in [0.15, 0.2) is 10.3 Å². The Morgan fingerprint density at radius 1 is 0.794 bits per heavy atom. The number of morpholine rings is 2. The lowest BCUT2D eigenvalue weighted by molar-refractivity contribution is -0.136. The van der Waals surface area contributed by atoms with Crippen LogP contribution in [0.4, 0.5) is 10.3 Å². The smallest absolute Gasteiger partial charge is 0.244 e. The maximum absolute atomic E-state index is 12.7. The van der Waals surface area contributed by atoms with Crippen LogP contribution in [0.25, 0.3) is 20.4 Å². The van der Waals surface area contributed by atoms with Gasteiger partial charge in [-0.3, -0.25) is 9.59 Å². The van der Waals surface area contributed by atoms with Crippen molar-refractivity contribution in [3.63, 3.8) is 0 Å². The number of benzene rings is 1. The Hall–Kier alpha value is -2.54. The van der Waals surface area contributed by atoms with E-state index in [1.807, 2.05) is 29.7 Å². The summed E-state index contributed by atoms with van der Waals surface area (Å²) in [5, 5.41) is 7.93. The van der Waals surface area contributed by atoms with E-state index >= 15 is 0 Å². The molecule has 2 N–H and O–H groups in total. The maximum atomic E-state index is 12.7. The molecule has 34 heavy (non-hydrogen) atoms. The first-order valence-electron chi connectivity index (χ1n) is 11.5. The van der Waals surface area contributed by atoms with Crippen molar-refractivity contribution in [3.05, 3.63) is 12.1 Å². The number of thiazole rings is 2. The molecular weight excluding hydrogens is 476 g/mol. The molecule has 0 saturated carbocycles. The molecule has 2 aliphatic rings. The number of amides is 2. The molecule has 4 heterocycles. The second kappa shape index (κ2) is 9.98. The first kappa shape index (κ1) is 23.2. The molecule has 2 saturated heterocycles. The molecule has 1 aromatic carbocycles. The van der Waals surface area contributed by atoms with Gasteiger partial charge in [-0.15, -0.1) is 0 Å². The summed E-state index contributed by atoms with van der Waals surface area (Å²) in [4.78, 5) is 38.4. The van der Waals surface area contributed by atoms with Crippen LogP contribution in [-0.2, 0) is 19.1 Å². The number of nitrogens with zero attached hydrogens (tertiary/aromatic N) is 4. The minimum absolute atomic E-state index is 0.0571. The van der Waals surface area contributed by atoms with E-state index in [9.17, 15) is 9.59 Å². The molecule has 2 aliphatic heterocycles. The highest BCUT2D eigenvalue weighted by Crippen LogP contribution is 2.34. The number of carbonyl (C=O) groups is 2. The van der Waals surface area contributed by atoms with Crippen LogP contribution < -0.4 is 10.6 Å². The Morgan fingerprint density at radius 3 is 1.62 bits per heavy atom. The summed E-state index contributed by atoms with van der Waals surface area (Å²) in [7, 11) is 0. The van der Waals surface area contributed by atoms with Crippen LogP contribution in [0.15, 0.2) is 12.1 Å². The van der Waals surface area contributed by atoms with E-state index in [2.05, 4.69) is 26.7 Å². The summed E-state index contributed by atoms with van der Waals surface area (Å²) in [5.41, 5.74) is 1.67. The molecule has 0 bridgehead atoms. The van der Waals surface area contributed by atoms with Crippen molar-refractivity contribution in [2.75, 3.05) is 63.2 Å². The second-order valence-corrected chi connectivity index (χ2v) is 10.5. The van der Waals surface area contributed by atoms with Gasteiger partial charge in [0.1, 0.15) is 12.1 Å². The van der Waals surface area contributed by atoms with Crippen molar-refractivity contribution in [2.24, 2.45) is 0 Å². The third kappa shape index (κ3) is 4.95. The van der Waals surface area contributed by atoms with E-state index < -0.39 is 0 Å². The highest BCUT2D eigenvalue weighted by atomic mass is 32.1. The van der Waals surface area contributed by atoms with Crippen LogP contribution >= 0.6 is 22.7 Å². The molecule has 3 aromatic rings. The average Bonchev–Trinajstić information content (AvgIpc) is 3.43. The number of ether oxygens (including phenoxy) is 2. The third-order valence-corrected chi connectivity index (χ3v) is 7.86. The van der Waals surface area contributed by atoms with Gasteiger partial charge >= 0.3 is 0 Å². The molecule has 2 unspecified atom stereocenters. The zero-order chi connectivity index (χ0) is 23.7. The van der Waals surface area contributed by atoms with Gasteiger partial charge in [-0.1, -0.05) is 22.7 Å². The SMILES string of the molecule is CC(Nc1nc2cc3nc(NC(C)C(=O)N4CCOCC4)sc3cc2s1)C(=O)N1CCOCC1. The van der Waals surface area contributed by atoms with E-state index in [1.165, 1.54) is 22.7 Å². The summed E-state index contributed by atoms with van der Waals surface area (Å²) >= 11 is 3.04. The number of hydrogen-bond acceptors (Lipinski definition) is 10. The highest BCUT2D eigenvalue weighted by molar-refractivity contribution is 7.24. The van der Waals surface area contributed by atoms with E-state index in [-0.39, 0.29) is 23.9 Å². The Kier molecular flexibility index (Phi) is 6.82. The lowest BCUT2D eigenvalue weighted by Gasteiger charge is -2.29. The Morgan fingerprint density at radius 2 is 1.21 bits per heavy atom. The van der Waals surface area contributed by atoms with Crippen molar-refractivity contribution in [2.45, 2.75) is 25.9 Å². The molecule has 182 valence electrons. The Bertz CT molecular complexity index is 1050. The zero-order valence-electron chi connectivity index (χ0n) is 19.2. The van der Waals surface area contributed by atoms with Crippen LogP contribution in [0, 0.1) is 0 Å². The van der Waals surface area contributed by atoms with Gasteiger partial charge < -0.3 is 29.9 Å². The van der Waals surface area contributed by atoms with Gasteiger partial charge in [-0.2, -0.15) is 0 Å². The molecule has 2 aromatic heterocycles. The topological polar surface area (TPSA) is 109 Å². The van der Waals surface area contributed by atoms with Crippen molar-refractivity contribution in [3.8, 4) is 0 Å². The largest absolute Gasteiger partial charge is 0.378 e. The van der Waals surface area contributed by atoms with Crippen LogP contribution in [0.2, 0.25) is 0 Å². The predicted octanol–water partition coefficient (Wildman–Crippen LogP) is 2.22. The summed E-state index contributed by atoms with van der Waals surface area (Å²) in [6, 6.07) is 3.30. The van der Waals surface area contributed by atoms with Crippen molar-refractivity contribution < 1.29 is 19.1 Å². The minimum atomic E-state index is -0.362. The van der Waals surface area contributed by atoms with Gasteiger partial charge in [0.2, 0.25) is 11.8 Å². The summed E-state index contributed by atoms with van der Waals surface area (Å²) in [6.45, 7) is 8.56. The lowest BCUT2D eigenvalue weighted by atomic mass is 10.2. The fourth-order valence-electron chi connectivity index (χ4n) is 4.08. The molecule has 2 atom stereocenters. The van der Waals surface area contributed by atoms with Crippen LogP contribution in [0.5, 0.6) is 0 Å². The fourth-order valence-corrected chi connectivity index (χ4v) is 6.10. The van der Waals surface area contributed by atoms with E-state index in [0.29, 0.717) is 62.9 Å². The average molecular weight is 505 g/mol. The van der Waals surface area contributed by atoms with Crippen LogP contribution in [0.3, 0.4) is 0 Å². The molecule has 2 fully saturated rings. The summed E-state index contributed by atoms with van der Waals surface area (Å²) in [6.07, 6.45) is 0. The fraction of sp³-hybridized carbons (Fsp3) is 0.545. The molecule has 12 heteroatoms. The van der Waals surface area contributed by atoms with Gasteiger partial charge in [0.25, 0.3) is 0 Å². The number of aromatic nitrogens is 2. The Labute approximate surface area is 205 Å². The normalized spacial score (nSPS) is 18.8. The first-order valence-corrected chi connectivity index (χ1v) is 13.1. The number of hydrogen-bond donors (Lipinski definition) is 2. The zero-order valence-corrected chi connectivity index (χ0v) is 20.8. The van der Waals surface area contributed by atoms with Crippen molar-refractivity contribution in [1.29, 1.82) is 0 Å². The maximum Gasteiger partial charge on any atom is 0.244 e. The Balaban J connectivity index is 1.26. The van der Waals surface area contributed by atoms with Gasteiger partial charge in [-0.05, 0) is 26.0 Å². The third-order valence-electron chi connectivity index (χ3n) is 5.96. The number of nitrogens with one attached hydrogen (secondary N) is 2. The van der Waals surface area contributed by atoms with Gasteiger partial charge in [0.05, 0.1) is 46.9 Å². The number of fused-ring (bicyclic) bond motifs is 2. The predicted molar refractivity (Wildman–Crippen MR) is 134 cm³/mol. The molecule has 5 rings (SSSR count). The van der Waals surface area contributed by atoms with Gasteiger partial charge in [-0.25, -0.2) is 9.97 Å². The van der Waals surface area contributed by atoms with E-state index in [4.69, 9.17) is 9.47 Å². The number of carbonyl (C=O) groups excluding carboxylic acids is 2. The number of rotatable bonds is 6. The molecule has 0 spiro atoms. The van der Waals surface area contributed by atoms with Crippen molar-refractivity contribution in [1.82, 2.24) is 19.8 Å². The van der Waals surface area contributed by atoms with Crippen molar-refractivity contribution >= 4 is 65.2 Å². The van der Waals surface area contributed by atoms with Crippen LogP contribution in [-0.4, -0.2) is 96.3 Å². The molecule has 2 amide bonds. The van der Waals surface area contributed by atoms with Gasteiger partial charge in [0, 0.05) is 26.2 Å². The minimum Gasteiger partial charge on any atom is -0.378 e. The molecule has 0 aliphatic carbocycles. The first-order chi connectivity index (χ1) is 16.5. The summed E-state index contributed by atoms with van der Waals surface area (Å²) in [5.74, 6) is 0.114. The molecule has 0 radical (unpaired) electrons. The monoisotopic (exact) mass is 504 g/mol. The summed E-state index contributed by atoms with van der Waals surface area (Å²) < 4.78 is 12.7.